The van der Waals surface area contributed by atoms with Crippen LogP contribution in [0.25, 0.3) is 0 Å². The van der Waals surface area contributed by atoms with Crippen LogP contribution in [0.2, 0.25) is 0 Å². The summed E-state index contributed by atoms with van der Waals surface area (Å²) in [5.41, 5.74) is 3.66. The minimum atomic E-state index is 0. The summed E-state index contributed by atoms with van der Waals surface area (Å²) in [6.07, 6.45) is 2.41. The zero-order chi connectivity index (χ0) is 15.8. The molecule has 0 aliphatic rings. The molecule has 2 aromatic carbocycles. The SMILES string of the molecule is CCCCNCc1cc(Br)ccc1OCc1ccc(C)cc1.Cl. The van der Waals surface area contributed by atoms with Crippen LogP contribution in [0.1, 0.15) is 36.5 Å². The summed E-state index contributed by atoms with van der Waals surface area (Å²) in [5, 5.41) is 3.48. The van der Waals surface area contributed by atoms with E-state index in [1.807, 2.05) is 12.1 Å². The third-order valence-electron chi connectivity index (χ3n) is 3.56. The van der Waals surface area contributed by atoms with Crippen LogP contribution in [0.4, 0.5) is 0 Å². The summed E-state index contributed by atoms with van der Waals surface area (Å²) in [6, 6.07) is 14.7. The van der Waals surface area contributed by atoms with Crippen molar-refractivity contribution in [3.63, 3.8) is 0 Å². The second kappa shape index (κ2) is 10.7. The van der Waals surface area contributed by atoms with Gasteiger partial charge in [0.1, 0.15) is 12.4 Å². The second-order valence-corrected chi connectivity index (χ2v) is 6.47. The molecule has 0 unspecified atom stereocenters. The molecule has 4 heteroatoms. The van der Waals surface area contributed by atoms with E-state index in [1.54, 1.807) is 0 Å². The highest BCUT2D eigenvalue weighted by Gasteiger charge is 2.05. The van der Waals surface area contributed by atoms with E-state index in [4.69, 9.17) is 4.74 Å². The summed E-state index contributed by atoms with van der Waals surface area (Å²) in [6.45, 7) is 6.78. The van der Waals surface area contributed by atoms with Gasteiger partial charge in [-0.3, -0.25) is 0 Å². The third kappa shape index (κ3) is 6.94. The lowest BCUT2D eigenvalue weighted by molar-refractivity contribution is 0.302. The second-order valence-electron chi connectivity index (χ2n) is 5.56. The molecule has 126 valence electrons. The first-order valence-corrected chi connectivity index (χ1v) is 8.66. The molecule has 2 aromatic rings. The van der Waals surface area contributed by atoms with E-state index in [1.165, 1.54) is 29.5 Å². The first-order chi connectivity index (χ1) is 10.7. The number of unbranched alkanes of at least 4 members (excludes halogenated alkanes) is 1. The average molecular weight is 399 g/mol. The number of halogens is 2. The number of hydrogen-bond acceptors (Lipinski definition) is 2. The van der Waals surface area contributed by atoms with Crippen LogP contribution < -0.4 is 10.1 Å². The fourth-order valence-electron chi connectivity index (χ4n) is 2.20. The zero-order valence-corrected chi connectivity index (χ0v) is 16.2. The normalized spacial score (nSPS) is 10.2. The van der Waals surface area contributed by atoms with Crippen LogP contribution in [0.3, 0.4) is 0 Å². The van der Waals surface area contributed by atoms with Gasteiger partial charge in [-0.1, -0.05) is 59.1 Å². The summed E-state index contributed by atoms with van der Waals surface area (Å²) >= 11 is 3.54. The molecular formula is C19H25BrClNO. The van der Waals surface area contributed by atoms with Crippen molar-refractivity contribution in [2.24, 2.45) is 0 Å². The first-order valence-electron chi connectivity index (χ1n) is 7.86. The molecule has 0 bridgehead atoms. The smallest absolute Gasteiger partial charge is 0.124 e. The van der Waals surface area contributed by atoms with E-state index < -0.39 is 0 Å². The molecule has 0 amide bonds. The molecule has 23 heavy (non-hydrogen) atoms. The van der Waals surface area contributed by atoms with E-state index in [-0.39, 0.29) is 12.4 Å². The predicted octanol–water partition coefficient (Wildman–Crippen LogP) is 5.65. The Labute approximate surface area is 154 Å². The van der Waals surface area contributed by atoms with Crippen molar-refractivity contribution in [3.8, 4) is 5.75 Å². The predicted molar refractivity (Wildman–Crippen MR) is 104 cm³/mol. The summed E-state index contributed by atoms with van der Waals surface area (Å²) in [5.74, 6) is 0.952. The van der Waals surface area contributed by atoms with Crippen LogP contribution >= 0.6 is 28.3 Å². The Bertz CT molecular complexity index is 586. The van der Waals surface area contributed by atoms with E-state index in [0.29, 0.717) is 6.61 Å². The number of rotatable bonds is 8. The number of ether oxygens (including phenoxy) is 1. The molecule has 0 radical (unpaired) electrons. The maximum absolute atomic E-state index is 6.01. The summed E-state index contributed by atoms with van der Waals surface area (Å²) in [7, 11) is 0. The Kier molecular flexibility index (Phi) is 9.30. The molecule has 0 atom stereocenters. The fourth-order valence-corrected chi connectivity index (χ4v) is 2.61. The molecule has 1 N–H and O–H groups in total. The van der Waals surface area contributed by atoms with E-state index in [0.717, 1.165) is 23.3 Å². The number of aryl methyl sites for hydroxylation is 1. The summed E-state index contributed by atoms with van der Waals surface area (Å²) < 4.78 is 7.10. The van der Waals surface area contributed by atoms with Crippen molar-refractivity contribution >= 4 is 28.3 Å². The number of nitrogens with one attached hydrogen (secondary N) is 1. The van der Waals surface area contributed by atoms with Crippen molar-refractivity contribution in [2.45, 2.75) is 39.8 Å². The fraction of sp³-hybridized carbons (Fsp3) is 0.368. The van der Waals surface area contributed by atoms with Gasteiger partial charge in [-0.15, -0.1) is 12.4 Å². The Balaban J connectivity index is 0.00000264. The molecule has 0 aliphatic carbocycles. The third-order valence-corrected chi connectivity index (χ3v) is 4.05. The van der Waals surface area contributed by atoms with Crippen molar-refractivity contribution < 1.29 is 4.74 Å². The van der Waals surface area contributed by atoms with Crippen molar-refractivity contribution in [2.75, 3.05) is 6.54 Å². The number of hydrogen-bond donors (Lipinski definition) is 1. The molecule has 0 heterocycles. The van der Waals surface area contributed by atoms with Gasteiger partial charge in [0.15, 0.2) is 0 Å². The Hall–Kier alpha value is -1.03. The largest absolute Gasteiger partial charge is 0.489 e. The maximum atomic E-state index is 6.01. The van der Waals surface area contributed by atoms with Gasteiger partial charge in [-0.2, -0.15) is 0 Å². The van der Waals surface area contributed by atoms with Gasteiger partial charge in [0, 0.05) is 16.6 Å². The van der Waals surface area contributed by atoms with Gasteiger partial charge >= 0.3 is 0 Å². The minimum absolute atomic E-state index is 0. The quantitative estimate of drug-likeness (QED) is 0.580. The average Bonchev–Trinajstić information content (AvgIpc) is 2.52. The van der Waals surface area contributed by atoms with Crippen molar-refractivity contribution in [1.29, 1.82) is 0 Å². The lowest BCUT2D eigenvalue weighted by Crippen LogP contribution is -2.15. The van der Waals surface area contributed by atoms with Gasteiger partial charge in [0.2, 0.25) is 0 Å². The molecular weight excluding hydrogens is 374 g/mol. The lowest BCUT2D eigenvalue weighted by Gasteiger charge is -2.13. The molecule has 2 nitrogen and oxygen atoms in total. The molecule has 0 saturated carbocycles. The van der Waals surface area contributed by atoms with Crippen LogP contribution in [-0.4, -0.2) is 6.54 Å². The highest BCUT2D eigenvalue weighted by atomic mass is 79.9. The first kappa shape index (κ1) is 20.0. The molecule has 0 aromatic heterocycles. The Morgan fingerprint density at radius 2 is 1.83 bits per heavy atom. The molecule has 0 aliphatic heterocycles. The van der Waals surface area contributed by atoms with E-state index in [2.05, 4.69) is 65.4 Å². The Morgan fingerprint density at radius 1 is 1.09 bits per heavy atom. The van der Waals surface area contributed by atoms with Crippen LogP contribution in [-0.2, 0) is 13.2 Å². The summed E-state index contributed by atoms with van der Waals surface area (Å²) in [4.78, 5) is 0. The Morgan fingerprint density at radius 3 is 2.52 bits per heavy atom. The van der Waals surface area contributed by atoms with Gasteiger partial charge in [-0.05, 0) is 43.7 Å². The highest BCUT2D eigenvalue weighted by molar-refractivity contribution is 9.10. The molecule has 0 spiro atoms. The van der Waals surface area contributed by atoms with E-state index in [9.17, 15) is 0 Å². The van der Waals surface area contributed by atoms with Crippen LogP contribution in [0.15, 0.2) is 46.9 Å². The minimum Gasteiger partial charge on any atom is -0.489 e. The van der Waals surface area contributed by atoms with Gasteiger partial charge in [0.25, 0.3) is 0 Å². The number of benzene rings is 2. The van der Waals surface area contributed by atoms with Crippen molar-refractivity contribution in [1.82, 2.24) is 5.32 Å². The zero-order valence-electron chi connectivity index (χ0n) is 13.8. The lowest BCUT2D eigenvalue weighted by atomic mass is 10.1. The topological polar surface area (TPSA) is 21.3 Å². The van der Waals surface area contributed by atoms with Crippen LogP contribution in [0.5, 0.6) is 5.75 Å². The standard InChI is InChI=1S/C19H24BrNO.ClH/c1-3-4-11-21-13-17-12-18(20)9-10-19(17)22-14-16-7-5-15(2)6-8-16;/h5-10,12,21H,3-4,11,13-14H2,1-2H3;1H. The maximum Gasteiger partial charge on any atom is 0.124 e. The van der Waals surface area contributed by atoms with Gasteiger partial charge in [0.05, 0.1) is 0 Å². The van der Waals surface area contributed by atoms with Crippen LogP contribution in [0, 0.1) is 6.92 Å². The molecule has 2 rings (SSSR count). The van der Waals surface area contributed by atoms with Crippen molar-refractivity contribution in [3.05, 3.63) is 63.6 Å². The van der Waals surface area contributed by atoms with Gasteiger partial charge in [-0.25, -0.2) is 0 Å². The van der Waals surface area contributed by atoms with E-state index >= 15 is 0 Å². The molecule has 0 fully saturated rings. The monoisotopic (exact) mass is 397 g/mol. The highest BCUT2D eigenvalue weighted by Crippen LogP contribution is 2.24. The molecule has 0 saturated heterocycles. The van der Waals surface area contributed by atoms with Gasteiger partial charge < -0.3 is 10.1 Å².